The van der Waals surface area contributed by atoms with Crippen molar-refractivity contribution in [2.24, 2.45) is 0 Å². The molecule has 0 bridgehead atoms. The third-order valence-electron chi connectivity index (χ3n) is 3.02. The molecule has 0 unspecified atom stereocenters. The molecule has 0 atom stereocenters. The van der Waals surface area contributed by atoms with Crippen molar-refractivity contribution in [3.63, 3.8) is 0 Å². The quantitative estimate of drug-likeness (QED) is 0.833. The van der Waals surface area contributed by atoms with Crippen LogP contribution in [0.5, 0.6) is 5.75 Å². The molecule has 2 aromatic carbocycles. The Hall–Kier alpha value is -3.06. The van der Waals surface area contributed by atoms with E-state index in [0.717, 1.165) is 11.1 Å². The fraction of sp³-hybridized carbons (Fsp3) is 0.111. The summed E-state index contributed by atoms with van der Waals surface area (Å²) in [4.78, 5) is 11.4. The molecule has 0 aliphatic rings. The van der Waals surface area contributed by atoms with Crippen molar-refractivity contribution in [3.05, 3.63) is 66.7 Å². The van der Waals surface area contributed by atoms with Gasteiger partial charge in [0.25, 0.3) is 5.91 Å². The maximum atomic E-state index is 11.4. The second-order valence-corrected chi connectivity index (χ2v) is 4.59. The van der Waals surface area contributed by atoms with Gasteiger partial charge in [0.1, 0.15) is 5.75 Å². The molecule has 0 aliphatic carbocycles. The van der Waals surface area contributed by atoms with Crippen LogP contribution in [0.2, 0.25) is 0 Å². The van der Waals surface area contributed by atoms with Crippen LogP contribution in [0, 0.1) is 11.3 Å². The molecule has 110 valence electrons. The van der Waals surface area contributed by atoms with Gasteiger partial charge in [-0.05, 0) is 35.4 Å². The lowest BCUT2D eigenvalue weighted by Gasteiger charge is -2.07. The summed E-state index contributed by atoms with van der Waals surface area (Å²) >= 11 is 0. The summed E-state index contributed by atoms with van der Waals surface area (Å²) in [6, 6.07) is 16.9. The van der Waals surface area contributed by atoms with Crippen LogP contribution >= 0.6 is 0 Å². The lowest BCUT2D eigenvalue weighted by molar-refractivity contribution is -0.122. The van der Waals surface area contributed by atoms with Crippen molar-refractivity contribution in [1.29, 1.82) is 5.26 Å². The summed E-state index contributed by atoms with van der Waals surface area (Å²) in [7, 11) is 0. The highest BCUT2D eigenvalue weighted by Gasteiger charge is 2.02. The van der Waals surface area contributed by atoms with Crippen LogP contribution < -0.4 is 10.1 Å². The summed E-state index contributed by atoms with van der Waals surface area (Å²) < 4.78 is 5.40. The summed E-state index contributed by atoms with van der Waals surface area (Å²) in [6.45, 7) is 3.93. The lowest BCUT2D eigenvalue weighted by atomic mass is 10.0. The summed E-state index contributed by atoms with van der Waals surface area (Å²) in [6.07, 6.45) is 1.62. The maximum absolute atomic E-state index is 11.4. The predicted molar refractivity (Wildman–Crippen MR) is 85.3 cm³/mol. The smallest absolute Gasteiger partial charge is 0.258 e. The number of carbonyl (C=O) groups excluding carboxylic acids is 1. The van der Waals surface area contributed by atoms with Crippen molar-refractivity contribution in [2.45, 2.75) is 0 Å². The zero-order valence-corrected chi connectivity index (χ0v) is 12.1. The number of rotatable bonds is 6. The maximum Gasteiger partial charge on any atom is 0.258 e. The fourth-order valence-corrected chi connectivity index (χ4v) is 1.87. The highest BCUT2D eigenvalue weighted by atomic mass is 16.5. The average molecular weight is 292 g/mol. The first-order chi connectivity index (χ1) is 10.7. The minimum atomic E-state index is -0.184. The zero-order chi connectivity index (χ0) is 15.8. The Kier molecular flexibility index (Phi) is 5.33. The molecule has 0 aromatic heterocycles. The van der Waals surface area contributed by atoms with Crippen LogP contribution in [0.15, 0.2) is 61.2 Å². The first kappa shape index (κ1) is 15.3. The van der Waals surface area contributed by atoms with Crippen LogP contribution in [0.25, 0.3) is 11.1 Å². The van der Waals surface area contributed by atoms with E-state index in [4.69, 9.17) is 10.00 Å². The Morgan fingerprint density at radius 3 is 2.27 bits per heavy atom. The van der Waals surface area contributed by atoms with Crippen LogP contribution in [0.1, 0.15) is 5.56 Å². The van der Waals surface area contributed by atoms with Gasteiger partial charge in [-0.2, -0.15) is 5.26 Å². The molecule has 2 rings (SSSR count). The highest BCUT2D eigenvalue weighted by Crippen LogP contribution is 2.22. The van der Waals surface area contributed by atoms with Crippen molar-refractivity contribution < 1.29 is 9.53 Å². The Morgan fingerprint density at radius 1 is 1.14 bits per heavy atom. The SMILES string of the molecule is C=CCNC(=O)COc1ccc(-c2ccc(C#N)cc2)cc1. The molecule has 0 spiro atoms. The van der Waals surface area contributed by atoms with Gasteiger partial charge in [0.05, 0.1) is 11.6 Å². The monoisotopic (exact) mass is 292 g/mol. The van der Waals surface area contributed by atoms with Crippen LogP contribution in [-0.4, -0.2) is 19.1 Å². The number of nitrogens with one attached hydrogen (secondary N) is 1. The minimum Gasteiger partial charge on any atom is -0.484 e. The number of nitrogens with zero attached hydrogens (tertiary/aromatic N) is 1. The van der Waals surface area contributed by atoms with Gasteiger partial charge in [-0.3, -0.25) is 4.79 Å². The number of ether oxygens (including phenoxy) is 1. The fourth-order valence-electron chi connectivity index (χ4n) is 1.87. The molecule has 0 saturated heterocycles. The Bertz CT molecular complexity index is 683. The molecule has 1 amide bonds. The number of hydrogen-bond acceptors (Lipinski definition) is 3. The molecule has 0 fully saturated rings. The van der Waals surface area contributed by atoms with Gasteiger partial charge in [0, 0.05) is 6.54 Å². The molecule has 22 heavy (non-hydrogen) atoms. The predicted octanol–water partition coefficient (Wildman–Crippen LogP) is 2.91. The van der Waals surface area contributed by atoms with Crippen molar-refractivity contribution in [2.75, 3.05) is 13.2 Å². The van der Waals surface area contributed by atoms with Crippen LogP contribution in [0.4, 0.5) is 0 Å². The summed E-state index contributed by atoms with van der Waals surface area (Å²) in [5.41, 5.74) is 2.68. The lowest BCUT2D eigenvalue weighted by Crippen LogP contribution is -2.28. The van der Waals surface area contributed by atoms with Gasteiger partial charge in [-0.1, -0.05) is 30.3 Å². The molecule has 0 aliphatic heterocycles. The molecule has 2 aromatic rings. The highest BCUT2D eigenvalue weighted by molar-refractivity contribution is 5.77. The Balaban J connectivity index is 1.96. The number of benzene rings is 2. The molecule has 1 N–H and O–H groups in total. The molecule has 0 radical (unpaired) electrons. The minimum absolute atomic E-state index is 0.0238. The number of carbonyl (C=O) groups is 1. The van der Waals surface area contributed by atoms with E-state index in [9.17, 15) is 4.79 Å². The van der Waals surface area contributed by atoms with E-state index in [1.54, 1.807) is 18.2 Å². The molecule has 0 saturated carbocycles. The third-order valence-corrected chi connectivity index (χ3v) is 3.02. The van der Waals surface area contributed by atoms with E-state index in [2.05, 4.69) is 18.0 Å². The van der Waals surface area contributed by atoms with Gasteiger partial charge in [-0.25, -0.2) is 0 Å². The number of amides is 1. The van der Waals surface area contributed by atoms with Gasteiger partial charge in [-0.15, -0.1) is 6.58 Å². The van der Waals surface area contributed by atoms with E-state index in [-0.39, 0.29) is 12.5 Å². The van der Waals surface area contributed by atoms with Gasteiger partial charge >= 0.3 is 0 Å². The first-order valence-corrected chi connectivity index (χ1v) is 6.84. The van der Waals surface area contributed by atoms with E-state index < -0.39 is 0 Å². The van der Waals surface area contributed by atoms with Crippen molar-refractivity contribution in [3.8, 4) is 22.9 Å². The average Bonchev–Trinajstić information content (AvgIpc) is 2.58. The van der Waals surface area contributed by atoms with Crippen molar-refractivity contribution >= 4 is 5.91 Å². The van der Waals surface area contributed by atoms with E-state index in [1.807, 2.05) is 36.4 Å². The second-order valence-electron chi connectivity index (χ2n) is 4.59. The van der Waals surface area contributed by atoms with Crippen LogP contribution in [-0.2, 0) is 4.79 Å². The second kappa shape index (κ2) is 7.65. The Morgan fingerprint density at radius 2 is 1.73 bits per heavy atom. The number of nitriles is 1. The largest absolute Gasteiger partial charge is 0.484 e. The molecular formula is C18H16N2O2. The van der Waals surface area contributed by atoms with E-state index >= 15 is 0 Å². The zero-order valence-electron chi connectivity index (χ0n) is 12.1. The summed E-state index contributed by atoms with van der Waals surface area (Å²) in [5, 5.41) is 11.4. The number of hydrogen-bond donors (Lipinski definition) is 1. The molecular weight excluding hydrogens is 276 g/mol. The standard InChI is InChI=1S/C18H16N2O2/c1-2-11-20-18(21)13-22-17-9-7-16(8-10-17)15-5-3-14(12-19)4-6-15/h2-10H,1,11,13H2,(H,20,21). The normalized spacial score (nSPS) is 9.59. The first-order valence-electron chi connectivity index (χ1n) is 6.84. The Labute approximate surface area is 129 Å². The van der Waals surface area contributed by atoms with Gasteiger partial charge < -0.3 is 10.1 Å². The molecule has 0 heterocycles. The van der Waals surface area contributed by atoms with Crippen LogP contribution in [0.3, 0.4) is 0 Å². The third kappa shape index (κ3) is 4.22. The molecule has 4 heteroatoms. The van der Waals surface area contributed by atoms with E-state index in [0.29, 0.717) is 17.9 Å². The van der Waals surface area contributed by atoms with E-state index in [1.165, 1.54) is 0 Å². The topological polar surface area (TPSA) is 62.1 Å². The molecule has 4 nitrogen and oxygen atoms in total. The van der Waals surface area contributed by atoms with Crippen molar-refractivity contribution in [1.82, 2.24) is 5.32 Å². The van der Waals surface area contributed by atoms with Gasteiger partial charge in [0.15, 0.2) is 6.61 Å². The van der Waals surface area contributed by atoms with Gasteiger partial charge in [0.2, 0.25) is 0 Å². The summed E-state index contributed by atoms with van der Waals surface area (Å²) in [5.74, 6) is 0.446.